The first-order chi connectivity index (χ1) is 36.1. The number of nitrogens with one attached hydrogen (secondary N) is 3. The third-order valence-corrected chi connectivity index (χ3v) is 10.3. The number of pyridine rings is 2. The highest BCUT2D eigenvalue weighted by Gasteiger charge is 2.46. The van der Waals surface area contributed by atoms with Crippen LogP contribution in [0.15, 0.2) is 79.0 Å². The van der Waals surface area contributed by atoms with Crippen LogP contribution < -0.4 is 16.0 Å². The van der Waals surface area contributed by atoms with E-state index in [-0.39, 0.29) is 47.3 Å². The molecule has 3 amide bonds. The van der Waals surface area contributed by atoms with Crippen LogP contribution in [-0.4, -0.2) is 70.9 Å². The van der Waals surface area contributed by atoms with Gasteiger partial charge >= 0.3 is 48.8 Å². The summed E-state index contributed by atoms with van der Waals surface area (Å²) < 4.78 is 194. The van der Waals surface area contributed by atoms with Crippen molar-refractivity contribution < 1.29 is 110 Å². The van der Waals surface area contributed by atoms with Crippen molar-refractivity contribution in [3.05, 3.63) is 169 Å². The third kappa shape index (κ3) is 16.4. The van der Waals surface area contributed by atoms with Crippen molar-refractivity contribution in [2.45, 2.75) is 65.5 Å². The maximum absolute atomic E-state index is 13.1. The first-order valence-corrected chi connectivity index (χ1v) is 21.3. The molecule has 0 aliphatic carbocycles. The predicted octanol–water partition coefficient (Wildman–Crippen LogP) is 12.1. The van der Waals surface area contributed by atoms with E-state index < -0.39 is 122 Å². The Labute approximate surface area is 432 Å². The minimum atomic E-state index is -5.48. The summed E-state index contributed by atoms with van der Waals surface area (Å²) in [7, 11) is 0. The largest absolute Gasteiger partial charge is 0.478 e. The molecule has 0 aliphatic rings. The smallest absolute Gasteiger partial charge is 0.417 e. The van der Waals surface area contributed by atoms with Crippen molar-refractivity contribution in [1.82, 2.24) is 19.9 Å². The van der Waals surface area contributed by atoms with Gasteiger partial charge in [0.15, 0.2) is 0 Å². The predicted molar refractivity (Wildman–Crippen MR) is 243 cm³/mol. The van der Waals surface area contributed by atoms with Crippen molar-refractivity contribution >= 4 is 53.0 Å². The second-order valence-electron chi connectivity index (χ2n) is 16.1. The van der Waals surface area contributed by atoms with E-state index >= 15 is 0 Å². The number of hydrogen-bond donors (Lipinski definition) is 6. The lowest BCUT2D eigenvalue weighted by Gasteiger charge is -2.18. The summed E-state index contributed by atoms with van der Waals surface area (Å²) in [6.45, 7) is 8.17. The van der Waals surface area contributed by atoms with E-state index in [1.807, 2.05) is 5.32 Å². The zero-order valence-electron chi connectivity index (χ0n) is 40.3. The number of carboxylic acid groups (broad SMARTS) is 3. The van der Waals surface area contributed by atoms with Gasteiger partial charge in [0.25, 0.3) is 17.7 Å². The average Bonchev–Trinajstić information content (AvgIpc) is 3.32. The number of nitrogens with zero attached hydrogens (tertiary/aromatic N) is 4. The summed E-state index contributed by atoms with van der Waals surface area (Å²) >= 11 is 0. The van der Waals surface area contributed by atoms with E-state index in [4.69, 9.17) is 15.3 Å². The van der Waals surface area contributed by atoms with Gasteiger partial charge in [-0.1, -0.05) is 6.07 Å². The molecular formula is C48H34F15N7O9. The lowest BCUT2D eigenvalue weighted by Crippen LogP contribution is -2.23. The van der Waals surface area contributed by atoms with Crippen LogP contribution in [0.4, 0.5) is 83.2 Å². The number of amides is 3. The van der Waals surface area contributed by atoms with Gasteiger partial charge in [0.1, 0.15) is 17.5 Å². The Morgan fingerprint density at radius 3 is 1.15 bits per heavy atom. The van der Waals surface area contributed by atoms with Crippen LogP contribution in [0, 0.1) is 34.6 Å². The first kappa shape index (κ1) is 62.4. The Bertz CT molecular complexity index is 3360. The van der Waals surface area contributed by atoms with Crippen molar-refractivity contribution in [1.29, 1.82) is 0 Å². The van der Waals surface area contributed by atoms with E-state index in [1.165, 1.54) is 25.3 Å². The van der Waals surface area contributed by atoms with E-state index in [2.05, 4.69) is 30.6 Å². The van der Waals surface area contributed by atoms with Crippen LogP contribution in [0.25, 0.3) is 0 Å². The lowest BCUT2D eigenvalue weighted by atomic mass is 9.96. The van der Waals surface area contributed by atoms with Gasteiger partial charge in [-0.15, -0.1) is 0 Å². The fourth-order valence-electron chi connectivity index (χ4n) is 6.66. The molecule has 3 aromatic heterocycles. The van der Waals surface area contributed by atoms with Gasteiger partial charge in [-0.25, -0.2) is 29.3 Å². The molecule has 420 valence electrons. The van der Waals surface area contributed by atoms with Gasteiger partial charge in [-0.05, 0) is 107 Å². The zero-order chi connectivity index (χ0) is 60.1. The molecule has 31 heteroatoms. The summed E-state index contributed by atoms with van der Waals surface area (Å²) in [5.41, 5.74) is -12.7. The first-order valence-electron chi connectivity index (χ1n) is 21.3. The highest BCUT2D eigenvalue weighted by atomic mass is 19.4. The SMILES string of the molecule is Cc1cc(NC(=O)c2ccc(C(F)(F)F)cc2C(=O)O)cc(C)n1.Cc1ccc(NC(=O)c2cc(C(F)(F)F)c(C(F)(F)F)cc2C(=O)O)nc1C.Cc1nccc(NC(=O)c2cc(C(F)(F)F)c(C(F)(F)F)cc2C(=O)O)n1. The van der Waals surface area contributed by atoms with E-state index in [9.17, 15) is 94.6 Å². The second kappa shape index (κ2) is 23.6. The van der Waals surface area contributed by atoms with Gasteiger partial charge in [-0.3, -0.25) is 19.4 Å². The molecule has 16 nitrogen and oxygen atoms in total. The van der Waals surface area contributed by atoms with Crippen LogP contribution in [0.1, 0.15) is 118 Å². The summed E-state index contributed by atoms with van der Waals surface area (Å²) in [5.74, 6) is -9.21. The molecule has 0 bridgehead atoms. The van der Waals surface area contributed by atoms with Crippen molar-refractivity contribution in [3.8, 4) is 0 Å². The van der Waals surface area contributed by atoms with E-state index in [0.717, 1.165) is 11.6 Å². The van der Waals surface area contributed by atoms with Crippen molar-refractivity contribution in [2.75, 3.05) is 16.0 Å². The number of carboxylic acids is 3. The van der Waals surface area contributed by atoms with Gasteiger partial charge in [0, 0.05) is 29.0 Å². The van der Waals surface area contributed by atoms with Crippen molar-refractivity contribution in [2.24, 2.45) is 0 Å². The Morgan fingerprint density at radius 1 is 0.405 bits per heavy atom. The fraction of sp³-hybridized carbons (Fsp3) is 0.208. The quantitative estimate of drug-likeness (QED) is 0.0738. The highest BCUT2D eigenvalue weighted by Crippen LogP contribution is 2.43. The Morgan fingerprint density at radius 2 is 0.785 bits per heavy atom. The number of halogens is 15. The molecule has 0 fully saturated rings. The molecule has 3 heterocycles. The number of carbonyl (C=O) groups is 6. The standard InChI is InChI=1S/C17H12F6N2O3.C16H13F3N2O3.C15H9F6N3O3/c1-7-3-4-13(24-8(7)2)25-14(26)9-5-11(16(18,19)20)12(17(21,22)23)6-10(9)15(27)28;1-8-5-11(6-9(2)20-8)21-14(22)12-4-3-10(16(17,18)19)7-13(12)15(23)24;1-6-22-3-2-11(23-6)24-12(25)7-4-9(14(16,17)18)10(15(19,20)21)5-8(7)13(26)27/h3-6H,1-2H3,(H,27,28)(H,24,25,26);3-7H,1-2H3,(H,23,24)(H,20,21,22);2-5H,1H3,(H,26,27)(H,22,23,24,25). The summed E-state index contributed by atoms with van der Waals surface area (Å²) in [4.78, 5) is 86.0. The Balaban J connectivity index is 0.000000256. The summed E-state index contributed by atoms with van der Waals surface area (Å²) in [5, 5.41) is 33.9. The van der Waals surface area contributed by atoms with Crippen LogP contribution >= 0.6 is 0 Å². The van der Waals surface area contributed by atoms with E-state index in [1.54, 1.807) is 45.9 Å². The molecule has 0 unspecified atom stereocenters. The van der Waals surface area contributed by atoms with Gasteiger partial charge in [0.2, 0.25) is 0 Å². The number of aromatic nitrogens is 4. The number of aromatic carboxylic acids is 3. The average molecular weight is 1140 g/mol. The van der Waals surface area contributed by atoms with Gasteiger partial charge in [0.05, 0.1) is 61.2 Å². The summed E-state index contributed by atoms with van der Waals surface area (Å²) in [6, 6.07) is 8.44. The Hall–Kier alpha value is -9.19. The monoisotopic (exact) mass is 1140 g/mol. The lowest BCUT2D eigenvalue weighted by molar-refractivity contribution is -0.162. The number of rotatable bonds is 9. The molecule has 6 rings (SSSR count). The Kier molecular flexibility index (Phi) is 18.6. The topological polar surface area (TPSA) is 251 Å². The molecule has 0 atom stereocenters. The van der Waals surface area contributed by atoms with Crippen molar-refractivity contribution in [3.63, 3.8) is 0 Å². The molecule has 0 radical (unpaired) electrons. The van der Waals surface area contributed by atoms with Gasteiger partial charge < -0.3 is 31.3 Å². The fourth-order valence-corrected chi connectivity index (χ4v) is 6.66. The molecule has 0 spiro atoms. The number of alkyl halides is 15. The normalized spacial score (nSPS) is 11.7. The minimum Gasteiger partial charge on any atom is -0.478 e. The van der Waals surface area contributed by atoms with Gasteiger partial charge in [-0.2, -0.15) is 65.9 Å². The number of aryl methyl sites for hydroxylation is 5. The molecule has 0 saturated heterocycles. The molecule has 0 aliphatic heterocycles. The number of hydrogen-bond acceptors (Lipinski definition) is 10. The number of benzene rings is 3. The van der Waals surface area contributed by atoms with Crippen LogP contribution in [0.2, 0.25) is 0 Å². The minimum absolute atomic E-state index is 0.0992. The summed E-state index contributed by atoms with van der Waals surface area (Å²) in [6.07, 6.45) is -25.4. The zero-order valence-corrected chi connectivity index (χ0v) is 40.3. The highest BCUT2D eigenvalue weighted by molar-refractivity contribution is 6.12. The maximum atomic E-state index is 13.1. The van der Waals surface area contributed by atoms with Crippen LogP contribution in [0.3, 0.4) is 0 Å². The molecule has 6 N–H and O–H groups in total. The molecule has 79 heavy (non-hydrogen) atoms. The molecular weight excluding hydrogens is 1100 g/mol. The second-order valence-corrected chi connectivity index (χ2v) is 16.1. The number of carbonyl (C=O) groups excluding carboxylic acids is 3. The van der Waals surface area contributed by atoms with E-state index in [0.29, 0.717) is 34.9 Å². The molecule has 3 aromatic carbocycles. The molecule has 6 aromatic rings. The number of anilines is 3. The van der Waals surface area contributed by atoms with Crippen LogP contribution in [0.5, 0.6) is 0 Å². The third-order valence-electron chi connectivity index (χ3n) is 10.3. The maximum Gasteiger partial charge on any atom is 0.417 e. The molecule has 0 saturated carbocycles. The van der Waals surface area contributed by atoms with Crippen LogP contribution in [-0.2, 0) is 30.9 Å².